The van der Waals surface area contributed by atoms with Crippen molar-refractivity contribution >= 4 is 23.2 Å². The Balaban J connectivity index is 2.27. The van der Waals surface area contributed by atoms with Crippen molar-refractivity contribution in [2.75, 3.05) is 13.7 Å². The van der Waals surface area contributed by atoms with Crippen molar-refractivity contribution < 1.29 is 4.74 Å². The second-order valence-electron chi connectivity index (χ2n) is 5.09. The zero-order valence-corrected chi connectivity index (χ0v) is 13.7. The van der Waals surface area contributed by atoms with E-state index < -0.39 is 0 Å². The van der Waals surface area contributed by atoms with Gasteiger partial charge in [0.1, 0.15) is 5.75 Å². The lowest BCUT2D eigenvalue weighted by molar-refractivity contribution is 0.414. The summed E-state index contributed by atoms with van der Waals surface area (Å²) in [7, 11) is 1.67. The fourth-order valence-electron chi connectivity index (χ4n) is 2.51. The van der Waals surface area contributed by atoms with E-state index in [0.29, 0.717) is 16.6 Å². The summed E-state index contributed by atoms with van der Waals surface area (Å²) in [6, 6.07) is 11.7. The summed E-state index contributed by atoms with van der Waals surface area (Å²) in [5, 5.41) is 1.33. The lowest BCUT2D eigenvalue weighted by atomic mass is 9.89. The first-order chi connectivity index (χ1) is 10.0. The van der Waals surface area contributed by atoms with E-state index in [1.54, 1.807) is 13.2 Å². The van der Waals surface area contributed by atoms with Crippen LogP contribution in [0.15, 0.2) is 36.4 Å². The van der Waals surface area contributed by atoms with Crippen LogP contribution >= 0.6 is 23.2 Å². The molecule has 0 aliphatic carbocycles. The molecule has 0 fully saturated rings. The van der Waals surface area contributed by atoms with E-state index in [1.165, 1.54) is 11.1 Å². The van der Waals surface area contributed by atoms with Crippen molar-refractivity contribution in [2.45, 2.75) is 19.3 Å². The lowest BCUT2D eigenvalue weighted by Gasteiger charge is -2.19. The molecule has 0 bridgehead atoms. The van der Waals surface area contributed by atoms with Crippen molar-refractivity contribution in [3.63, 3.8) is 0 Å². The topological polar surface area (TPSA) is 35.2 Å². The van der Waals surface area contributed by atoms with E-state index >= 15 is 0 Å². The van der Waals surface area contributed by atoms with Crippen LogP contribution in [0, 0.1) is 6.92 Å². The predicted octanol–water partition coefficient (Wildman–Crippen LogP) is 4.60. The molecule has 0 aromatic heterocycles. The molecule has 0 saturated carbocycles. The van der Waals surface area contributed by atoms with Crippen LogP contribution in [-0.4, -0.2) is 13.7 Å². The first-order valence-electron chi connectivity index (χ1n) is 6.83. The number of ether oxygens (including phenoxy) is 1. The number of benzene rings is 2. The highest BCUT2D eigenvalue weighted by atomic mass is 35.5. The second-order valence-corrected chi connectivity index (χ2v) is 5.94. The minimum atomic E-state index is 0.217. The molecule has 1 unspecified atom stereocenters. The van der Waals surface area contributed by atoms with Gasteiger partial charge in [-0.2, -0.15) is 0 Å². The van der Waals surface area contributed by atoms with Crippen molar-refractivity contribution in [1.29, 1.82) is 0 Å². The average molecular weight is 324 g/mol. The molecule has 0 saturated heterocycles. The Hall–Kier alpha value is -1.22. The summed E-state index contributed by atoms with van der Waals surface area (Å²) in [6.07, 6.45) is 0.791. The quantitative estimate of drug-likeness (QED) is 0.873. The van der Waals surface area contributed by atoms with Gasteiger partial charge in [-0.3, -0.25) is 0 Å². The molecule has 0 spiro atoms. The molecular weight excluding hydrogens is 305 g/mol. The molecule has 2 N–H and O–H groups in total. The molecule has 0 aliphatic heterocycles. The number of aryl methyl sites for hydroxylation is 1. The molecule has 2 nitrogen and oxygen atoms in total. The molecule has 0 amide bonds. The summed E-state index contributed by atoms with van der Waals surface area (Å²) in [6.45, 7) is 2.64. The molecule has 4 heteroatoms. The van der Waals surface area contributed by atoms with Gasteiger partial charge in [0, 0.05) is 16.0 Å². The van der Waals surface area contributed by atoms with Gasteiger partial charge in [0.05, 0.1) is 7.11 Å². The number of methoxy groups -OCH3 is 1. The highest BCUT2D eigenvalue weighted by Crippen LogP contribution is 2.29. The Labute approximate surface area is 135 Å². The third-order valence-electron chi connectivity index (χ3n) is 3.68. The van der Waals surface area contributed by atoms with E-state index in [-0.39, 0.29) is 5.92 Å². The summed E-state index contributed by atoms with van der Waals surface area (Å²) in [4.78, 5) is 0. The van der Waals surface area contributed by atoms with Gasteiger partial charge in [0.15, 0.2) is 0 Å². The molecule has 2 aromatic rings. The average Bonchev–Trinajstić information content (AvgIpc) is 2.47. The summed E-state index contributed by atoms with van der Waals surface area (Å²) in [5.74, 6) is 1.08. The second kappa shape index (κ2) is 7.17. The molecule has 0 radical (unpaired) electrons. The van der Waals surface area contributed by atoms with Crippen LogP contribution in [0.4, 0.5) is 0 Å². The van der Waals surface area contributed by atoms with E-state index in [0.717, 1.165) is 17.7 Å². The monoisotopic (exact) mass is 323 g/mol. The zero-order chi connectivity index (χ0) is 15.4. The van der Waals surface area contributed by atoms with Gasteiger partial charge in [-0.15, -0.1) is 0 Å². The number of nitrogens with two attached hydrogens (primary N) is 1. The van der Waals surface area contributed by atoms with Crippen molar-refractivity contribution in [1.82, 2.24) is 0 Å². The fraction of sp³-hybridized carbons (Fsp3) is 0.294. The van der Waals surface area contributed by atoms with Gasteiger partial charge < -0.3 is 10.5 Å². The zero-order valence-electron chi connectivity index (χ0n) is 12.2. The van der Waals surface area contributed by atoms with Crippen LogP contribution in [-0.2, 0) is 6.42 Å². The Bertz CT molecular complexity index is 628. The molecule has 1 atom stereocenters. The maximum atomic E-state index is 6.26. The maximum absolute atomic E-state index is 6.26. The van der Waals surface area contributed by atoms with Crippen LogP contribution in [0.2, 0.25) is 10.0 Å². The minimum Gasteiger partial charge on any atom is -0.497 e. The van der Waals surface area contributed by atoms with Gasteiger partial charge in [0.25, 0.3) is 0 Å². The summed E-state index contributed by atoms with van der Waals surface area (Å²) >= 11 is 12.2. The Kier molecular flexibility index (Phi) is 5.51. The first-order valence-corrected chi connectivity index (χ1v) is 7.59. The van der Waals surface area contributed by atoms with Gasteiger partial charge in [0.2, 0.25) is 0 Å². The standard InChI is InChI=1S/C17H19Cl2NO/c1-11-7-15(21-2)5-6-16(11)13(10-20)8-12-3-4-14(18)9-17(12)19/h3-7,9,13H,8,10,20H2,1-2H3. The Morgan fingerprint density at radius 3 is 2.48 bits per heavy atom. The minimum absolute atomic E-state index is 0.217. The van der Waals surface area contributed by atoms with E-state index in [2.05, 4.69) is 13.0 Å². The van der Waals surface area contributed by atoms with Crippen LogP contribution in [0.5, 0.6) is 5.75 Å². The molecule has 2 aromatic carbocycles. The van der Waals surface area contributed by atoms with E-state index in [1.807, 2.05) is 24.3 Å². The smallest absolute Gasteiger partial charge is 0.119 e. The predicted molar refractivity (Wildman–Crippen MR) is 89.7 cm³/mol. The van der Waals surface area contributed by atoms with Crippen LogP contribution in [0.25, 0.3) is 0 Å². The number of hydrogen-bond acceptors (Lipinski definition) is 2. The van der Waals surface area contributed by atoms with Gasteiger partial charge >= 0.3 is 0 Å². The largest absolute Gasteiger partial charge is 0.497 e. The maximum Gasteiger partial charge on any atom is 0.119 e. The molecule has 2 rings (SSSR count). The molecule has 0 aliphatic rings. The highest BCUT2D eigenvalue weighted by molar-refractivity contribution is 6.35. The SMILES string of the molecule is COc1ccc(C(CN)Cc2ccc(Cl)cc2Cl)c(C)c1. The van der Waals surface area contributed by atoms with Gasteiger partial charge in [-0.25, -0.2) is 0 Å². The third-order valence-corrected chi connectivity index (χ3v) is 4.27. The number of halogens is 2. The first kappa shape index (κ1) is 16.2. The fourth-order valence-corrected chi connectivity index (χ4v) is 2.99. The van der Waals surface area contributed by atoms with E-state index in [4.69, 9.17) is 33.7 Å². The Morgan fingerprint density at radius 1 is 1.14 bits per heavy atom. The van der Waals surface area contributed by atoms with Crippen LogP contribution in [0.3, 0.4) is 0 Å². The Morgan fingerprint density at radius 2 is 1.90 bits per heavy atom. The third kappa shape index (κ3) is 3.91. The van der Waals surface area contributed by atoms with Crippen molar-refractivity contribution in [2.24, 2.45) is 5.73 Å². The van der Waals surface area contributed by atoms with Crippen molar-refractivity contribution in [3.8, 4) is 5.75 Å². The van der Waals surface area contributed by atoms with Crippen molar-refractivity contribution in [3.05, 3.63) is 63.1 Å². The summed E-state index contributed by atoms with van der Waals surface area (Å²) in [5.41, 5.74) is 9.44. The van der Waals surface area contributed by atoms with Gasteiger partial charge in [-0.1, -0.05) is 35.3 Å². The highest BCUT2D eigenvalue weighted by Gasteiger charge is 2.15. The lowest BCUT2D eigenvalue weighted by Crippen LogP contribution is -2.16. The number of rotatable bonds is 5. The molecule has 21 heavy (non-hydrogen) atoms. The summed E-state index contributed by atoms with van der Waals surface area (Å²) < 4.78 is 5.25. The number of hydrogen-bond donors (Lipinski definition) is 1. The van der Waals surface area contributed by atoms with Gasteiger partial charge in [-0.05, 0) is 60.8 Å². The van der Waals surface area contributed by atoms with Crippen LogP contribution < -0.4 is 10.5 Å². The van der Waals surface area contributed by atoms with E-state index in [9.17, 15) is 0 Å². The molecular formula is C17H19Cl2NO. The molecule has 0 heterocycles. The molecule has 112 valence electrons. The normalized spacial score (nSPS) is 12.2. The van der Waals surface area contributed by atoms with Crippen LogP contribution in [0.1, 0.15) is 22.6 Å².